The van der Waals surface area contributed by atoms with Crippen LogP contribution in [0.5, 0.6) is 0 Å². The highest BCUT2D eigenvalue weighted by Gasteiger charge is 2.32. The Bertz CT molecular complexity index is 827. The Kier molecular flexibility index (Phi) is 3.29. The molecule has 0 spiro atoms. The van der Waals surface area contributed by atoms with E-state index < -0.39 is 0 Å². The summed E-state index contributed by atoms with van der Waals surface area (Å²) in [5.41, 5.74) is 2.31. The van der Waals surface area contributed by atoms with Crippen LogP contribution < -0.4 is 4.90 Å². The summed E-state index contributed by atoms with van der Waals surface area (Å²) in [6.07, 6.45) is 3.60. The third kappa shape index (κ3) is 2.45. The molecule has 1 aliphatic rings. The minimum Gasteiger partial charge on any atom is -0.460 e. The minimum atomic E-state index is 0.0663. The summed E-state index contributed by atoms with van der Waals surface area (Å²) in [5, 5.41) is 16.2. The van der Waals surface area contributed by atoms with Crippen LogP contribution in [-0.4, -0.2) is 32.0 Å². The molecule has 1 unspecified atom stereocenters. The van der Waals surface area contributed by atoms with Gasteiger partial charge >= 0.3 is 0 Å². The van der Waals surface area contributed by atoms with Crippen LogP contribution >= 0.6 is 0 Å². The van der Waals surface area contributed by atoms with Gasteiger partial charge in [-0.2, -0.15) is 5.10 Å². The van der Waals surface area contributed by atoms with Crippen molar-refractivity contribution in [1.29, 1.82) is 0 Å². The number of anilines is 1. The van der Waals surface area contributed by atoms with Crippen molar-refractivity contribution in [2.45, 2.75) is 32.7 Å². The summed E-state index contributed by atoms with van der Waals surface area (Å²) >= 11 is 0. The van der Waals surface area contributed by atoms with Gasteiger partial charge in [0.25, 0.3) is 0 Å². The first-order valence-electron chi connectivity index (χ1n) is 7.54. The molecule has 1 saturated heterocycles. The Balaban J connectivity index is 1.68. The van der Waals surface area contributed by atoms with Gasteiger partial charge in [0.15, 0.2) is 5.76 Å². The molecule has 0 bridgehead atoms. The largest absolute Gasteiger partial charge is 0.460 e. The van der Waals surface area contributed by atoms with Crippen molar-refractivity contribution in [2.24, 2.45) is 0 Å². The number of aromatic nitrogens is 5. The van der Waals surface area contributed by atoms with Gasteiger partial charge in [-0.1, -0.05) is 10.3 Å². The van der Waals surface area contributed by atoms with E-state index in [1.165, 1.54) is 0 Å². The number of rotatable bonds is 3. The zero-order valence-electron chi connectivity index (χ0n) is 12.9. The van der Waals surface area contributed by atoms with Gasteiger partial charge in [-0.15, -0.1) is 5.10 Å². The summed E-state index contributed by atoms with van der Waals surface area (Å²) in [4.78, 5) is 6.70. The number of nitrogens with zero attached hydrogens (tertiary/aromatic N) is 6. The van der Waals surface area contributed by atoms with E-state index in [9.17, 15) is 0 Å². The smallest absolute Gasteiger partial charge is 0.246 e. The van der Waals surface area contributed by atoms with Crippen molar-refractivity contribution < 1.29 is 9.05 Å². The second kappa shape index (κ2) is 5.45. The first kappa shape index (κ1) is 13.9. The Morgan fingerprint density at radius 2 is 2.13 bits per heavy atom. The Morgan fingerprint density at radius 3 is 2.87 bits per heavy atom. The fraction of sp³-hybridized carbons (Fsp3) is 0.400. The lowest BCUT2D eigenvalue weighted by Crippen LogP contribution is -2.25. The molecule has 4 rings (SSSR count). The number of hydrogen-bond donors (Lipinski definition) is 0. The van der Waals surface area contributed by atoms with Crippen molar-refractivity contribution >= 4 is 5.95 Å². The van der Waals surface area contributed by atoms with Gasteiger partial charge in [-0.3, -0.25) is 0 Å². The van der Waals surface area contributed by atoms with Crippen molar-refractivity contribution in [3.8, 4) is 11.5 Å². The van der Waals surface area contributed by atoms with Crippen molar-refractivity contribution in [3.05, 3.63) is 35.5 Å². The standard InChI is InChI=1S/C15H16N6O2/c1-9-5-6-13(22-9)11-8-16-18-15(17-11)21-7-3-4-12(21)14-10(2)19-23-20-14/h5-6,8,12H,3-4,7H2,1-2H3. The van der Waals surface area contributed by atoms with Gasteiger partial charge in [-0.25, -0.2) is 9.61 Å². The van der Waals surface area contributed by atoms with Crippen LogP contribution in [0.1, 0.15) is 36.0 Å². The Hall–Kier alpha value is -2.77. The molecule has 23 heavy (non-hydrogen) atoms. The topological polar surface area (TPSA) is 94.0 Å². The van der Waals surface area contributed by atoms with Crippen LogP contribution in [0.2, 0.25) is 0 Å². The zero-order valence-corrected chi connectivity index (χ0v) is 12.9. The van der Waals surface area contributed by atoms with E-state index in [0.29, 0.717) is 17.4 Å². The molecule has 0 N–H and O–H groups in total. The van der Waals surface area contributed by atoms with Crippen LogP contribution in [0.15, 0.2) is 27.4 Å². The molecule has 1 atom stereocenters. The van der Waals surface area contributed by atoms with Crippen molar-refractivity contribution in [1.82, 2.24) is 25.5 Å². The quantitative estimate of drug-likeness (QED) is 0.728. The molecular formula is C15H16N6O2. The van der Waals surface area contributed by atoms with Crippen molar-refractivity contribution in [2.75, 3.05) is 11.4 Å². The maximum Gasteiger partial charge on any atom is 0.246 e. The van der Waals surface area contributed by atoms with E-state index in [1.54, 1.807) is 6.20 Å². The number of aryl methyl sites for hydroxylation is 2. The highest BCUT2D eigenvalue weighted by Crippen LogP contribution is 2.34. The highest BCUT2D eigenvalue weighted by molar-refractivity contribution is 5.53. The van der Waals surface area contributed by atoms with E-state index in [0.717, 1.165) is 36.5 Å². The third-order valence-corrected chi connectivity index (χ3v) is 4.05. The molecule has 4 heterocycles. The lowest BCUT2D eigenvalue weighted by Gasteiger charge is -2.22. The maximum atomic E-state index is 5.62. The molecule has 3 aromatic heterocycles. The third-order valence-electron chi connectivity index (χ3n) is 4.05. The van der Waals surface area contributed by atoms with Gasteiger partial charge in [-0.05, 0) is 38.8 Å². The molecule has 8 nitrogen and oxygen atoms in total. The SMILES string of the molecule is Cc1ccc(-c2cnnc(N3CCCC3c3nonc3C)n2)o1. The summed E-state index contributed by atoms with van der Waals surface area (Å²) in [6.45, 7) is 4.64. The Labute approximate surface area is 132 Å². The van der Waals surface area contributed by atoms with E-state index in [1.807, 2.05) is 26.0 Å². The number of furan rings is 1. The maximum absolute atomic E-state index is 5.62. The molecule has 0 aromatic carbocycles. The van der Waals surface area contributed by atoms with Crippen molar-refractivity contribution in [3.63, 3.8) is 0 Å². The van der Waals surface area contributed by atoms with Crippen LogP contribution in [0.4, 0.5) is 5.95 Å². The molecule has 0 saturated carbocycles. The van der Waals surface area contributed by atoms with Crippen LogP contribution in [0.3, 0.4) is 0 Å². The van der Waals surface area contributed by atoms with E-state index in [4.69, 9.17) is 9.05 Å². The van der Waals surface area contributed by atoms with Gasteiger partial charge in [0.05, 0.1) is 12.2 Å². The molecule has 1 fully saturated rings. The van der Waals surface area contributed by atoms with Gasteiger partial charge in [0, 0.05) is 6.54 Å². The molecule has 1 aliphatic heterocycles. The minimum absolute atomic E-state index is 0.0663. The summed E-state index contributed by atoms with van der Waals surface area (Å²) in [6, 6.07) is 3.85. The van der Waals surface area contributed by atoms with Gasteiger partial charge in [0.2, 0.25) is 5.95 Å². The van der Waals surface area contributed by atoms with Crippen LogP contribution in [0.25, 0.3) is 11.5 Å². The molecule has 0 radical (unpaired) electrons. The normalized spacial score (nSPS) is 17.8. The fourth-order valence-corrected chi connectivity index (χ4v) is 2.94. The van der Waals surface area contributed by atoms with Gasteiger partial charge < -0.3 is 9.32 Å². The second-order valence-electron chi connectivity index (χ2n) is 5.64. The highest BCUT2D eigenvalue weighted by atomic mass is 16.6. The monoisotopic (exact) mass is 312 g/mol. The molecule has 8 heteroatoms. The molecule has 3 aromatic rings. The van der Waals surface area contributed by atoms with Gasteiger partial charge in [0.1, 0.15) is 22.8 Å². The first-order valence-corrected chi connectivity index (χ1v) is 7.54. The molecule has 0 aliphatic carbocycles. The molecule has 0 amide bonds. The van der Waals surface area contributed by atoms with Crippen LogP contribution in [-0.2, 0) is 0 Å². The Morgan fingerprint density at radius 1 is 1.22 bits per heavy atom. The lowest BCUT2D eigenvalue weighted by atomic mass is 10.1. The summed E-state index contributed by atoms with van der Waals surface area (Å²) in [7, 11) is 0. The number of hydrogen-bond acceptors (Lipinski definition) is 8. The van der Waals surface area contributed by atoms with Crippen LogP contribution in [0, 0.1) is 13.8 Å². The zero-order chi connectivity index (χ0) is 15.8. The molecule has 118 valence electrons. The second-order valence-corrected chi connectivity index (χ2v) is 5.64. The fourth-order valence-electron chi connectivity index (χ4n) is 2.94. The predicted octanol–water partition coefficient (Wildman–Crippen LogP) is 2.47. The predicted molar refractivity (Wildman–Crippen MR) is 80.6 cm³/mol. The molecular weight excluding hydrogens is 296 g/mol. The van der Waals surface area contributed by atoms with E-state index in [2.05, 4.69) is 30.4 Å². The van der Waals surface area contributed by atoms with E-state index in [-0.39, 0.29) is 6.04 Å². The average Bonchev–Trinajstić information content (AvgIpc) is 3.27. The summed E-state index contributed by atoms with van der Waals surface area (Å²) in [5.74, 6) is 2.10. The summed E-state index contributed by atoms with van der Waals surface area (Å²) < 4.78 is 10.5. The lowest BCUT2D eigenvalue weighted by molar-refractivity contribution is 0.299. The van der Waals surface area contributed by atoms with E-state index >= 15 is 0 Å². The first-order chi connectivity index (χ1) is 11.2. The average molecular weight is 312 g/mol.